The van der Waals surface area contributed by atoms with E-state index in [9.17, 15) is 9.59 Å². The van der Waals surface area contributed by atoms with Crippen LogP contribution in [0.4, 0.5) is 0 Å². The van der Waals surface area contributed by atoms with E-state index in [-0.39, 0.29) is 5.91 Å². The number of hydrogen-bond acceptors (Lipinski definition) is 4. The van der Waals surface area contributed by atoms with E-state index in [1.165, 1.54) is 7.11 Å². The lowest BCUT2D eigenvalue weighted by atomic mass is 10.1. The molecule has 1 aromatic rings. The second-order valence-electron chi connectivity index (χ2n) is 3.90. The molecule has 0 saturated heterocycles. The van der Waals surface area contributed by atoms with E-state index in [1.54, 1.807) is 36.0 Å². The third kappa shape index (κ3) is 5.34. The number of ether oxygens (including phenoxy) is 1. The summed E-state index contributed by atoms with van der Waals surface area (Å²) in [5.74, 6) is 1.14. The van der Waals surface area contributed by atoms with Crippen molar-refractivity contribution in [3.63, 3.8) is 0 Å². The molecule has 0 fully saturated rings. The van der Waals surface area contributed by atoms with Gasteiger partial charge in [-0.25, -0.2) is 4.79 Å². The Balaban J connectivity index is 2.61. The maximum atomic E-state index is 12.0. The van der Waals surface area contributed by atoms with E-state index >= 15 is 0 Å². The molecule has 0 saturated carbocycles. The topological polar surface area (TPSA) is 55.4 Å². The molecule has 5 heteroatoms. The zero-order valence-electron chi connectivity index (χ0n) is 11.2. The Labute approximate surface area is 117 Å². The second-order valence-corrected chi connectivity index (χ2v) is 5.29. The van der Waals surface area contributed by atoms with Crippen molar-refractivity contribution >= 4 is 23.6 Å². The lowest BCUT2D eigenvalue weighted by Gasteiger charge is -2.16. The number of nitrogens with one attached hydrogen (secondary N) is 1. The van der Waals surface area contributed by atoms with Gasteiger partial charge in [0.25, 0.3) is 5.91 Å². The predicted octanol–water partition coefficient (Wildman–Crippen LogP) is 2.10. The number of hydrogen-bond donors (Lipinski definition) is 1. The Hall–Kier alpha value is -1.49. The molecule has 1 rings (SSSR count). The normalized spacial score (nSPS) is 11.7. The van der Waals surface area contributed by atoms with Gasteiger partial charge >= 0.3 is 5.97 Å². The molecule has 0 heterocycles. The quantitative estimate of drug-likeness (QED) is 0.614. The van der Waals surface area contributed by atoms with E-state index < -0.39 is 12.0 Å². The van der Waals surface area contributed by atoms with Crippen LogP contribution in [0.3, 0.4) is 0 Å². The molecule has 0 aliphatic heterocycles. The first-order valence-corrected chi connectivity index (χ1v) is 7.36. The van der Waals surface area contributed by atoms with Gasteiger partial charge in [-0.05, 0) is 30.1 Å². The van der Waals surface area contributed by atoms with E-state index in [2.05, 4.69) is 12.2 Å². The van der Waals surface area contributed by atoms with Gasteiger partial charge in [0.2, 0.25) is 0 Å². The van der Waals surface area contributed by atoms with E-state index in [0.717, 1.165) is 11.5 Å². The Morgan fingerprint density at radius 3 is 2.58 bits per heavy atom. The smallest absolute Gasteiger partial charge is 0.328 e. The van der Waals surface area contributed by atoms with Gasteiger partial charge in [0.1, 0.15) is 6.04 Å². The van der Waals surface area contributed by atoms with Crippen molar-refractivity contribution in [1.82, 2.24) is 5.32 Å². The van der Waals surface area contributed by atoms with Crippen LogP contribution in [-0.4, -0.2) is 36.5 Å². The average molecular weight is 281 g/mol. The number of amides is 1. The lowest BCUT2D eigenvalue weighted by molar-refractivity contribution is -0.142. The van der Waals surface area contributed by atoms with Crippen LogP contribution in [-0.2, 0) is 9.53 Å². The summed E-state index contributed by atoms with van der Waals surface area (Å²) in [6, 6.07) is 8.25. The summed E-state index contributed by atoms with van der Waals surface area (Å²) in [5, 5.41) is 2.72. The molecule has 104 valence electrons. The van der Waals surface area contributed by atoms with Gasteiger partial charge in [-0.1, -0.05) is 25.1 Å². The molecule has 0 aliphatic rings. The van der Waals surface area contributed by atoms with Gasteiger partial charge < -0.3 is 10.1 Å². The monoisotopic (exact) mass is 281 g/mol. The van der Waals surface area contributed by atoms with Gasteiger partial charge in [-0.15, -0.1) is 0 Å². The molecule has 1 N–H and O–H groups in total. The molecular weight excluding hydrogens is 262 g/mol. The Morgan fingerprint density at radius 2 is 2.00 bits per heavy atom. The zero-order valence-corrected chi connectivity index (χ0v) is 12.0. The SMILES string of the molecule is CCSCC[C@H](NC(=O)c1ccccc1)C(=O)OC. The molecule has 19 heavy (non-hydrogen) atoms. The Kier molecular flexibility index (Phi) is 7.03. The van der Waals surface area contributed by atoms with E-state index in [1.807, 2.05) is 6.07 Å². The minimum atomic E-state index is -0.586. The summed E-state index contributed by atoms with van der Waals surface area (Å²) in [6.07, 6.45) is 0.573. The molecule has 4 nitrogen and oxygen atoms in total. The van der Waals surface area contributed by atoms with E-state index in [0.29, 0.717) is 12.0 Å². The third-order valence-corrected chi connectivity index (χ3v) is 3.51. The molecule has 0 radical (unpaired) electrons. The van der Waals surface area contributed by atoms with Crippen molar-refractivity contribution in [1.29, 1.82) is 0 Å². The molecule has 0 aliphatic carbocycles. The maximum absolute atomic E-state index is 12.0. The fourth-order valence-corrected chi connectivity index (χ4v) is 2.26. The Bertz CT molecular complexity index is 408. The lowest BCUT2D eigenvalue weighted by Crippen LogP contribution is -2.41. The molecule has 0 bridgehead atoms. The number of thioether (sulfide) groups is 1. The molecule has 0 aromatic heterocycles. The van der Waals surface area contributed by atoms with Crippen molar-refractivity contribution < 1.29 is 14.3 Å². The number of carbonyl (C=O) groups excluding carboxylic acids is 2. The minimum Gasteiger partial charge on any atom is -0.467 e. The summed E-state index contributed by atoms with van der Waals surface area (Å²) in [4.78, 5) is 23.6. The number of rotatable bonds is 7. The van der Waals surface area contributed by atoms with Crippen LogP contribution >= 0.6 is 11.8 Å². The van der Waals surface area contributed by atoms with Gasteiger partial charge in [0, 0.05) is 5.56 Å². The standard InChI is InChI=1S/C14H19NO3S/c1-3-19-10-9-12(14(17)18-2)15-13(16)11-7-5-4-6-8-11/h4-8,12H,3,9-10H2,1-2H3,(H,15,16)/t12-/m0/s1. The van der Waals surface area contributed by atoms with Crippen LogP contribution in [0.15, 0.2) is 30.3 Å². The first-order valence-electron chi connectivity index (χ1n) is 6.20. The highest BCUT2D eigenvalue weighted by atomic mass is 32.2. The van der Waals surface area contributed by atoms with Crippen molar-refractivity contribution in [2.45, 2.75) is 19.4 Å². The van der Waals surface area contributed by atoms with Crippen LogP contribution in [0.2, 0.25) is 0 Å². The van der Waals surface area contributed by atoms with Crippen LogP contribution in [0.1, 0.15) is 23.7 Å². The van der Waals surface area contributed by atoms with Crippen LogP contribution in [0.25, 0.3) is 0 Å². The molecule has 1 amide bonds. The summed E-state index contributed by atoms with van der Waals surface area (Å²) in [6.45, 7) is 2.06. The van der Waals surface area contributed by atoms with Crippen molar-refractivity contribution in [3.05, 3.63) is 35.9 Å². The second kappa shape index (κ2) is 8.58. The number of benzene rings is 1. The summed E-state index contributed by atoms with van der Waals surface area (Å²) in [5.41, 5.74) is 0.541. The van der Waals surface area contributed by atoms with Crippen LogP contribution < -0.4 is 5.32 Å². The molecule has 0 spiro atoms. The molecule has 1 aromatic carbocycles. The first kappa shape index (κ1) is 15.6. The third-order valence-electron chi connectivity index (χ3n) is 2.58. The predicted molar refractivity (Wildman–Crippen MR) is 77.3 cm³/mol. The summed E-state index contributed by atoms with van der Waals surface area (Å²) >= 11 is 1.73. The van der Waals surface area contributed by atoms with E-state index in [4.69, 9.17) is 4.74 Å². The number of methoxy groups -OCH3 is 1. The fraction of sp³-hybridized carbons (Fsp3) is 0.429. The summed E-state index contributed by atoms with van der Waals surface area (Å²) in [7, 11) is 1.33. The first-order chi connectivity index (χ1) is 9.19. The average Bonchev–Trinajstić information content (AvgIpc) is 2.46. The largest absolute Gasteiger partial charge is 0.467 e. The number of esters is 1. The van der Waals surface area contributed by atoms with Crippen LogP contribution in [0, 0.1) is 0 Å². The van der Waals surface area contributed by atoms with Crippen molar-refractivity contribution in [2.24, 2.45) is 0 Å². The van der Waals surface area contributed by atoms with Gasteiger partial charge in [-0.3, -0.25) is 4.79 Å². The highest BCUT2D eigenvalue weighted by molar-refractivity contribution is 7.99. The highest BCUT2D eigenvalue weighted by Crippen LogP contribution is 2.07. The van der Waals surface area contributed by atoms with Crippen molar-refractivity contribution in [3.8, 4) is 0 Å². The molecular formula is C14H19NO3S. The molecule has 0 unspecified atom stereocenters. The van der Waals surface area contributed by atoms with Gasteiger partial charge in [-0.2, -0.15) is 11.8 Å². The van der Waals surface area contributed by atoms with Crippen LogP contribution in [0.5, 0.6) is 0 Å². The minimum absolute atomic E-state index is 0.252. The molecule has 1 atom stereocenters. The van der Waals surface area contributed by atoms with Gasteiger partial charge in [0.15, 0.2) is 0 Å². The summed E-state index contributed by atoms with van der Waals surface area (Å²) < 4.78 is 4.72. The fourth-order valence-electron chi connectivity index (χ4n) is 1.57. The highest BCUT2D eigenvalue weighted by Gasteiger charge is 2.21. The van der Waals surface area contributed by atoms with Crippen molar-refractivity contribution in [2.75, 3.05) is 18.6 Å². The zero-order chi connectivity index (χ0) is 14.1. The number of carbonyl (C=O) groups is 2. The Morgan fingerprint density at radius 1 is 1.32 bits per heavy atom. The van der Waals surface area contributed by atoms with Gasteiger partial charge in [0.05, 0.1) is 7.11 Å². The maximum Gasteiger partial charge on any atom is 0.328 e.